The van der Waals surface area contributed by atoms with E-state index in [9.17, 15) is 0 Å². The van der Waals surface area contributed by atoms with Crippen LogP contribution in [0.15, 0.2) is 59.1 Å². The van der Waals surface area contributed by atoms with Gasteiger partial charge in [-0.1, -0.05) is 52.7 Å². The molecule has 0 saturated carbocycles. The Morgan fingerprint density at radius 2 is 1.68 bits per heavy atom. The Bertz CT molecular complexity index is 606. The fraction of sp³-hybridized carbons (Fsp3) is 0.455. The van der Waals surface area contributed by atoms with E-state index in [-0.39, 0.29) is 0 Å². The maximum absolute atomic E-state index is 5.84. The van der Waals surface area contributed by atoms with E-state index in [2.05, 4.69) is 51.2 Å². The summed E-state index contributed by atoms with van der Waals surface area (Å²) in [6.45, 7) is 4.26. The first-order valence-electron chi connectivity index (χ1n) is 9.44. The Morgan fingerprint density at radius 1 is 0.960 bits per heavy atom. The molecule has 0 radical (unpaired) electrons. The lowest BCUT2D eigenvalue weighted by atomic mass is 9.91. The van der Waals surface area contributed by atoms with Crippen molar-refractivity contribution in [1.82, 2.24) is 4.90 Å². The van der Waals surface area contributed by atoms with E-state index in [0.717, 1.165) is 29.3 Å². The Morgan fingerprint density at radius 3 is 2.40 bits per heavy atom. The third-order valence-corrected chi connectivity index (χ3v) is 5.65. The van der Waals surface area contributed by atoms with Crippen LogP contribution in [0.1, 0.15) is 31.2 Å². The van der Waals surface area contributed by atoms with Crippen LogP contribution in [0.2, 0.25) is 0 Å². The molecule has 3 rings (SSSR count). The second-order valence-electron chi connectivity index (χ2n) is 6.97. The summed E-state index contributed by atoms with van der Waals surface area (Å²) < 4.78 is 6.93. The van der Waals surface area contributed by atoms with Crippen molar-refractivity contribution in [3.63, 3.8) is 0 Å². The monoisotopic (exact) mass is 401 g/mol. The van der Waals surface area contributed by atoms with Crippen molar-refractivity contribution < 1.29 is 4.74 Å². The maximum Gasteiger partial charge on any atom is 0.119 e. The summed E-state index contributed by atoms with van der Waals surface area (Å²) in [4.78, 5) is 2.55. The van der Waals surface area contributed by atoms with E-state index in [1.165, 1.54) is 50.8 Å². The van der Waals surface area contributed by atoms with Gasteiger partial charge in [0.25, 0.3) is 0 Å². The van der Waals surface area contributed by atoms with E-state index < -0.39 is 0 Å². The van der Waals surface area contributed by atoms with E-state index in [4.69, 9.17) is 4.74 Å². The largest absolute Gasteiger partial charge is 0.492 e. The number of benzene rings is 2. The molecular weight excluding hydrogens is 374 g/mol. The lowest BCUT2D eigenvalue weighted by Crippen LogP contribution is -2.36. The predicted octanol–water partition coefficient (Wildman–Crippen LogP) is 5.56. The van der Waals surface area contributed by atoms with Gasteiger partial charge in [-0.3, -0.25) is 4.90 Å². The molecule has 1 fully saturated rings. The van der Waals surface area contributed by atoms with Crippen LogP contribution in [-0.4, -0.2) is 31.1 Å². The van der Waals surface area contributed by atoms with E-state index >= 15 is 0 Å². The third-order valence-electron chi connectivity index (χ3n) is 5.12. The normalized spacial score (nSPS) is 16.0. The summed E-state index contributed by atoms with van der Waals surface area (Å²) in [5.41, 5.74) is 1.48. The molecule has 134 valence electrons. The fourth-order valence-electron chi connectivity index (χ4n) is 3.56. The lowest BCUT2D eigenvalue weighted by Gasteiger charge is -2.31. The van der Waals surface area contributed by atoms with E-state index in [1.54, 1.807) is 0 Å². The lowest BCUT2D eigenvalue weighted by molar-refractivity contribution is 0.150. The third kappa shape index (κ3) is 6.48. The van der Waals surface area contributed by atoms with Gasteiger partial charge in [-0.25, -0.2) is 0 Å². The van der Waals surface area contributed by atoms with Crippen molar-refractivity contribution >= 4 is 15.9 Å². The van der Waals surface area contributed by atoms with Crippen molar-refractivity contribution in [2.45, 2.75) is 32.1 Å². The first kappa shape index (κ1) is 18.5. The highest BCUT2D eigenvalue weighted by molar-refractivity contribution is 9.10. The molecule has 2 nitrogen and oxygen atoms in total. The van der Waals surface area contributed by atoms with Crippen molar-refractivity contribution in [1.29, 1.82) is 0 Å². The van der Waals surface area contributed by atoms with Gasteiger partial charge < -0.3 is 4.74 Å². The van der Waals surface area contributed by atoms with Gasteiger partial charge in [0.1, 0.15) is 12.4 Å². The number of nitrogens with zero attached hydrogens (tertiary/aromatic N) is 1. The highest BCUT2D eigenvalue weighted by Crippen LogP contribution is 2.23. The SMILES string of the molecule is Brc1ccc(OCCN2CCC(CCCc3ccccc3)CC2)cc1. The molecule has 2 aromatic carbocycles. The quantitative estimate of drug-likeness (QED) is 0.573. The number of halogens is 1. The van der Waals surface area contributed by atoms with Gasteiger partial charge in [-0.15, -0.1) is 0 Å². The molecular formula is C22H28BrNO. The van der Waals surface area contributed by atoms with Gasteiger partial charge in [-0.05, 0) is 74.5 Å². The average Bonchev–Trinajstić information content (AvgIpc) is 2.66. The predicted molar refractivity (Wildman–Crippen MR) is 108 cm³/mol. The smallest absolute Gasteiger partial charge is 0.119 e. The number of hydrogen-bond donors (Lipinski definition) is 0. The molecule has 0 aromatic heterocycles. The molecule has 25 heavy (non-hydrogen) atoms. The maximum atomic E-state index is 5.84. The van der Waals surface area contributed by atoms with Crippen LogP contribution in [0.3, 0.4) is 0 Å². The van der Waals surface area contributed by atoms with Crippen LogP contribution in [-0.2, 0) is 6.42 Å². The first-order chi connectivity index (χ1) is 12.3. The molecule has 3 heteroatoms. The van der Waals surface area contributed by atoms with E-state index in [1.807, 2.05) is 24.3 Å². The van der Waals surface area contributed by atoms with Gasteiger partial charge in [0.2, 0.25) is 0 Å². The number of likely N-dealkylation sites (tertiary alicyclic amines) is 1. The Labute approximate surface area is 160 Å². The molecule has 0 N–H and O–H groups in total. The number of piperidine rings is 1. The minimum Gasteiger partial charge on any atom is -0.492 e. The summed E-state index contributed by atoms with van der Waals surface area (Å²) in [7, 11) is 0. The molecule has 1 saturated heterocycles. The van der Waals surface area contributed by atoms with Crippen molar-refractivity contribution in [3.8, 4) is 5.75 Å². The van der Waals surface area contributed by atoms with Gasteiger partial charge >= 0.3 is 0 Å². The van der Waals surface area contributed by atoms with Crippen LogP contribution in [0.5, 0.6) is 5.75 Å². The topological polar surface area (TPSA) is 12.5 Å². The Kier molecular flexibility index (Phi) is 7.37. The Hall–Kier alpha value is -1.32. The second-order valence-corrected chi connectivity index (χ2v) is 7.88. The summed E-state index contributed by atoms with van der Waals surface area (Å²) in [6.07, 6.45) is 6.60. The van der Waals surface area contributed by atoms with E-state index in [0.29, 0.717) is 0 Å². The zero-order valence-electron chi connectivity index (χ0n) is 14.9. The molecule has 0 atom stereocenters. The van der Waals surface area contributed by atoms with Crippen LogP contribution >= 0.6 is 15.9 Å². The number of rotatable bonds is 8. The fourth-order valence-corrected chi connectivity index (χ4v) is 3.83. The zero-order valence-corrected chi connectivity index (χ0v) is 16.5. The average molecular weight is 402 g/mol. The summed E-state index contributed by atoms with van der Waals surface area (Å²) in [5.74, 6) is 1.87. The molecule has 1 aliphatic rings. The molecule has 0 bridgehead atoms. The molecule has 1 aliphatic heterocycles. The summed E-state index contributed by atoms with van der Waals surface area (Å²) in [6, 6.07) is 19.0. The van der Waals surface area contributed by atoms with Crippen molar-refractivity contribution in [3.05, 3.63) is 64.6 Å². The minimum atomic E-state index is 0.778. The van der Waals surface area contributed by atoms with Crippen LogP contribution in [0.4, 0.5) is 0 Å². The molecule has 1 heterocycles. The molecule has 0 spiro atoms. The Balaban J connectivity index is 1.27. The second kappa shape index (κ2) is 9.98. The van der Waals surface area contributed by atoms with Gasteiger partial charge in [0.05, 0.1) is 0 Å². The molecule has 0 unspecified atom stereocenters. The molecule has 2 aromatic rings. The summed E-state index contributed by atoms with van der Waals surface area (Å²) >= 11 is 3.45. The highest BCUT2D eigenvalue weighted by Gasteiger charge is 2.18. The van der Waals surface area contributed by atoms with Crippen molar-refractivity contribution in [2.24, 2.45) is 5.92 Å². The van der Waals surface area contributed by atoms with Gasteiger partial charge in [-0.2, -0.15) is 0 Å². The highest BCUT2D eigenvalue weighted by atomic mass is 79.9. The number of hydrogen-bond acceptors (Lipinski definition) is 2. The van der Waals surface area contributed by atoms with Gasteiger partial charge in [0, 0.05) is 11.0 Å². The number of aryl methyl sites for hydroxylation is 1. The summed E-state index contributed by atoms with van der Waals surface area (Å²) in [5, 5.41) is 0. The number of ether oxygens (including phenoxy) is 1. The van der Waals surface area contributed by atoms with Crippen LogP contribution in [0, 0.1) is 5.92 Å². The van der Waals surface area contributed by atoms with Crippen molar-refractivity contribution in [2.75, 3.05) is 26.2 Å². The standard InChI is InChI=1S/C22H28BrNO/c23-21-9-11-22(12-10-21)25-18-17-24-15-13-20(14-16-24)8-4-7-19-5-2-1-3-6-19/h1-3,5-6,9-12,20H,4,7-8,13-18H2. The molecule has 0 aliphatic carbocycles. The van der Waals surface area contributed by atoms with Gasteiger partial charge in [0.15, 0.2) is 0 Å². The first-order valence-corrected chi connectivity index (χ1v) is 10.2. The van der Waals surface area contributed by atoms with Crippen LogP contribution in [0.25, 0.3) is 0 Å². The zero-order chi connectivity index (χ0) is 17.3. The minimum absolute atomic E-state index is 0.778. The van der Waals surface area contributed by atoms with Crippen LogP contribution < -0.4 is 4.74 Å². The molecule has 0 amide bonds.